The number of halogens is 2. The molecule has 0 aliphatic heterocycles. The Kier molecular flexibility index (Phi) is 5.38. The standard InChI is InChI=1S/C23H19Cl2N6O3/c1-23(2,3)34-22(32)31-18-13(24)5-6-14(16(18)20(25)30-31)29-17-12-7-10-26-11-15(12)33-19(17)21-27-8-4-9-28-21/h4-11,24,29H,1-3H3/q+1. The van der Waals surface area contributed by atoms with Crippen LogP contribution in [0.1, 0.15) is 20.8 Å². The predicted octanol–water partition coefficient (Wildman–Crippen LogP) is 5.51. The van der Waals surface area contributed by atoms with Gasteiger partial charge in [-0.3, -0.25) is 4.98 Å². The van der Waals surface area contributed by atoms with Crippen LogP contribution in [0.4, 0.5) is 16.2 Å². The van der Waals surface area contributed by atoms with E-state index in [4.69, 9.17) is 32.4 Å². The summed E-state index contributed by atoms with van der Waals surface area (Å²) in [6.45, 7) is 5.31. The Balaban J connectivity index is 1.68. The lowest BCUT2D eigenvalue weighted by Gasteiger charge is -2.19. The third kappa shape index (κ3) is 3.93. The minimum atomic E-state index is -0.715. The number of nitrogens with zero attached hydrogens (tertiary/aromatic N) is 5. The summed E-state index contributed by atoms with van der Waals surface area (Å²) in [5.41, 5.74) is 1.39. The molecule has 5 rings (SSSR count). The topological polar surface area (TPSA) is 108 Å². The van der Waals surface area contributed by atoms with Crippen LogP contribution in [0.3, 0.4) is 0 Å². The van der Waals surface area contributed by atoms with E-state index in [1.54, 1.807) is 63.8 Å². The molecule has 4 aromatic heterocycles. The molecule has 11 heteroatoms. The van der Waals surface area contributed by atoms with Crippen molar-refractivity contribution in [2.45, 2.75) is 26.4 Å². The summed E-state index contributed by atoms with van der Waals surface area (Å²) in [4.78, 5) is 25.6. The van der Waals surface area contributed by atoms with E-state index in [2.05, 4.69) is 25.4 Å². The van der Waals surface area contributed by atoms with Crippen molar-refractivity contribution in [1.29, 1.82) is 0 Å². The highest BCUT2D eigenvalue weighted by Gasteiger charge is 2.28. The number of ether oxygens (including phenoxy) is 1. The zero-order valence-electron chi connectivity index (χ0n) is 18.4. The SMILES string of the molecule is CC(C)(C)OC(=O)n1nc(Cl)c2c(Nc3c(-c4ncccn4)oc4cnccc34)ccc([ClH+])c21. The summed E-state index contributed by atoms with van der Waals surface area (Å²) in [5.74, 6) is 0.822. The number of furan rings is 1. The summed E-state index contributed by atoms with van der Waals surface area (Å²) < 4.78 is 12.6. The smallest absolute Gasteiger partial charge is 0.436 e. The van der Waals surface area contributed by atoms with Crippen molar-refractivity contribution in [3.8, 4) is 11.6 Å². The van der Waals surface area contributed by atoms with Gasteiger partial charge in [-0.25, -0.2) is 14.8 Å². The van der Waals surface area contributed by atoms with Crippen molar-refractivity contribution in [2.24, 2.45) is 0 Å². The van der Waals surface area contributed by atoms with E-state index >= 15 is 0 Å². The lowest BCUT2D eigenvalue weighted by Crippen LogP contribution is -2.27. The van der Waals surface area contributed by atoms with Crippen molar-refractivity contribution in [3.63, 3.8) is 0 Å². The molecule has 1 N–H and O–H groups in total. The Morgan fingerprint density at radius 2 is 1.94 bits per heavy atom. The molecule has 34 heavy (non-hydrogen) atoms. The molecule has 0 fully saturated rings. The van der Waals surface area contributed by atoms with Gasteiger partial charge in [0.25, 0.3) is 5.02 Å². The third-order valence-electron chi connectivity index (χ3n) is 4.83. The first-order valence-electron chi connectivity index (χ1n) is 10.3. The first kappa shape index (κ1) is 22.1. The van der Waals surface area contributed by atoms with Gasteiger partial charge >= 0.3 is 6.09 Å². The maximum atomic E-state index is 12.8. The number of hydrogen-bond acceptors (Lipinski definition) is 8. The Bertz CT molecular complexity index is 1540. The van der Waals surface area contributed by atoms with Crippen LogP contribution in [-0.4, -0.2) is 36.4 Å². The minimum Gasteiger partial charge on any atom is -0.449 e. The van der Waals surface area contributed by atoms with E-state index < -0.39 is 11.7 Å². The summed E-state index contributed by atoms with van der Waals surface area (Å²) in [5, 5.41) is 9.32. The molecule has 5 aromatic rings. The number of hydrogen-bond donors (Lipinski definition) is 1. The van der Waals surface area contributed by atoms with Gasteiger partial charge in [0.2, 0.25) is 0 Å². The molecular weight excluding hydrogens is 479 g/mol. The van der Waals surface area contributed by atoms with Crippen LogP contribution < -0.4 is 5.32 Å². The Morgan fingerprint density at radius 3 is 2.68 bits per heavy atom. The van der Waals surface area contributed by atoms with Crippen molar-refractivity contribution < 1.29 is 25.5 Å². The number of carbonyl (C=O) groups excluding carboxylic acids is 1. The van der Waals surface area contributed by atoms with Crippen LogP contribution in [0.25, 0.3) is 33.5 Å². The fourth-order valence-electron chi connectivity index (χ4n) is 3.50. The molecule has 4 heterocycles. The highest BCUT2D eigenvalue weighted by atomic mass is 35.5. The average molecular weight is 498 g/mol. The highest BCUT2D eigenvalue weighted by molar-refractivity contribution is 6.36. The van der Waals surface area contributed by atoms with Crippen LogP contribution in [0.2, 0.25) is 10.2 Å². The number of fused-ring (bicyclic) bond motifs is 2. The molecule has 0 atom stereocenters. The number of anilines is 2. The van der Waals surface area contributed by atoms with Gasteiger partial charge in [0.1, 0.15) is 5.60 Å². The van der Waals surface area contributed by atoms with E-state index in [1.807, 2.05) is 6.07 Å². The fourth-order valence-corrected chi connectivity index (χ4v) is 4.03. The molecular formula is C23H19Cl2N6O3+. The molecule has 1 aromatic carbocycles. The number of nitrogens with one attached hydrogen (secondary N) is 1. The summed E-state index contributed by atoms with van der Waals surface area (Å²) >= 11 is 12.0. The largest absolute Gasteiger partial charge is 0.449 e. The lowest BCUT2D eigenvalue weighted by molar-refractivity contribution is -0.286. The zero-order valence-corrected chi connectivity index (χ0v) is 19.9. The van der Waals surface area contributed by atoms with Crippen LogP contribution in [0.15, 0.2) is 53.5 Å². The second-order valence-corrected chi connectivity index (χ2v) is 9.19. The molecule has 0 aliphatic rings. The van der Waals surface area contributed by atoms with Crippen LogP contribution in [-0.2, 0) is 4.74 Å². The van der Waals surface area contributed by atoms with Gasteiger partial charge in [0, 0.05) is 30.0 Å². The van der Waals surface area contributed by atoms with Crippen molar-refractivity contribution in [2.75, 3.05) is 5.32 Å². The number of pyridine rings is 1. The number of carbonyl (C=O) groups is 1. The van der Waals surface area contributed by atoms with E-state index in [0.29, 0.717) is 44.5 Å². The third-order valence-corrected chi connectivity index (χ3v) is 5.43. The zero-order chi connectivity index (χ0) is 24.0. The average Bonchev–Trinajstić information content (AvgIpc) is 3.34. The van der Waals surface area contributed by atoms with E-state index in [-0.39, 0.29) is 5.15 Å². The number of benzene rings is 1. The second-order valence-electron chi connectivity index (χ2n) is 8.39. The van der Waals surface area contributed by atoms with Crippen LogP contribution in [0.5, 0.6) is 0 Å². The molecule has 0 unspecified atom stereocenters. The van der Waals surface area contributed by atoms with Gasteiger partial charge in [0.05, 0.1) is 23.0 Å². The number of rotatable bonds is 3. The van der Waals surface area contributed by atoms with Crippen molar-refractivity contribution in [3.05, 3.63) is 59.2 Å². The first-order valence-corrected chi connectivity index (χ1v) is 11.0. The second kappa shape index (κ2) is 8.27. The Labute approximate surface area is 203 Å². The summed E-state index contributed by atoms with van der Waals surface area (Å²) in [6, 6.07) is 7.00. The van der Waals surface area contributed by atoms with Gasteiger partial charge in [-0.05, 0) is 39.0 Å². The summed E-state index contributed by atoms with van der Waals surface area (Å²) in [6.07, 6.45) is 5.86. The lowest BCUT2D eigenvalue weighted by atomic mass is 10.2. The monoisotopic (exact) mass is 497 g/mol. The maximum Gasteiger partial charge on any atom is 0.436 e. The maximum absolute atomic E-state index is 12.8. The molecule has 0 amide bonds. The van der Waals surface area contributed by atoms with Gasteiger partial charge in [-0.2, -0.15) is 4.68 Å². The van der Waals surface area contributed by atoms with E-state index in [9.17, 15) is 4.79 Å². The van der Waals surface area contributed by atoms with Crippen LogP contribution >= 0.6 is 11.6 Å². The van der Waals surface area contributed by atoms with Gasteiger partial charge in [0.15, 0.2) is 39.4 Å². The molecule has 0 aliphatic carbocycles. The molecule has 0 saturated heterocycles. The fraction of sp³-hybridized carbons (Fsp3) is 0.174. The van der Waals surface area contributed by atoms with Gasteiger partial charge in [-0.1, -0.05) is 11.6 Å². The van der Waals surface area contributed by atoms with Crippen LogP contribution in [0, 0.1) is 11.6 Å². The van der Waals surface area contributed by atoms with E-state index in [1.165, 1.54) is 0 Å². The normalized spacial score (nSPS) is 11.8. The molecule has 172 valence electrons. The highest BCUT2D eigenvalue weighted by Crippen LogP contribution is 2.41. The van der Waals surface area contributed by atoms with Crippen molar-refractivity contribution in [1.82, 2.24) is 24.7 Å². The number of aromatic nitrogens is 5. The Morgan fingerprint density at radius 1 is 1.18 bits per heavy atom. The van der Waals surface area contributed by atoms with Gasteiger partial charge < -0.3 is 14.5 Å². The van der Waals surface area contributed by atoms with Gasteiger partial charge in [-0.15, -0.1) is 5.10 Å². The molecule has 0 spiro atoms. The minimum absolute atomic E-state index is 0.0991. The van der Waals surface area contributed by atoms with E-state index in [0.717, 1.165) is 10.1 Å². The molecule has 9 nitrogen and oxygen atoms in total. The Hall–Kier alpha value is -3.69. The quantitative estimate of drug-likeness (QED) is 0.347. The molecule has 0 radical (unpaired) electrons. The summed E-state index contributed by atoms with van der Waals surface area (Å²) in [7, 11) is 0. The first-order chi connectivity index (χ1) is 16.2. The molecule has 0 saturated carbocycles. The molecule has 0 bridgehead atoms. The predicted molar refractivity (Wildman–Crippen MR) is 125 cm³/mol. The van der Waals surface area contributed by atoms with Crippen molar-refractivity contribution >= 4 is 50.9 Å².